The Hall–Kier alpha value is -2.24. The molecule has 0 aliphatic heterocycles. The molecule has 0 aliphatic carbocycles. The van der Waals surface area contributed by atoms with E-state index in [1.54, 1.807) is 18.2 Å². The lowest BCUT2D eigenvalue weighted by Crippen LogP contribution is -2.17. The Kier molecular flexibility index (Phi) is 4.67. The van der Waals surface area contributed by atoms with Crippen LogP contribution in [0.2, 0.25) is 10.0 Å². The van der Waals surface area contributed by atoms with Gasteiger partial charge in [0, 0.05) is 11.1 Å². The lowest BCUT2D eigenvalue weighted by atomic mass is 10.2. The van der Waals surface area contributed by atoms with E-state index in [1.165, 1.54) is 18.3 Å². The van der Waals surface area contributed by atoms with E-state index in [2.05, 4.69) is 10.5 Å². The second kappa shape index (κ2) is 6.47. The van der Waals surface area contributed by atoms with Gasteiger partial charge in [0.2, 0.25) is 0 Å². The molecule has 21 heavy (non-hydrogen) atoms. The number of hydrazone groups is 1. The van der Waals surface area contributed by atoms with E-state index in [9.17, 15) is 9.90 Å². The van der Waals surface area contributed by atoms with Gasteiger partial charge < -0.3 is 10.2 Å². The van der Waals surface area contributed by atoms with Crippen molar-refractivity contribution in [3.8, 4) is 11.5 Å². The van der Waals surface area contributed by atoms with Gasteiger partial charge in [-0.1, -0.05) is 35.3 Å². The van der Waals surface area contributed by atoms with E-state index in [4.69, 9.17) is 28.3 Å². The van der Waals surface area contributed by atoms with Crippen molar-refractivity contribution in [3.63, 3.8) is 0 Å². The van der Waals surface area contributed by atoms with Crippen LogP contribution in [0, 0.1) is 0 Å². The smallest absolute Gasteiger partial charge is 0.271 e. The number of aromatic hydroxyl groups is 2. The summed E-state index contributed by atoms with van der Waals surface area (Å²) in [6.07, 6.45) is 1.35. The Balaban J connectivity index is 2.08. The molecule has 2 aromatic rings. The Bertz CT molecular complexity index is 717. The first-order valence-electron chi connectivity index (χ1n) is 5.78. The number of carbonyl (C=O) groups is 1. The van der Waals surface area contributed by atoms with Crippen molar-refractivity contribution in [2.24, 2.45) is 5.10 Å². The zero-order valence-corrected chi connectivity index (χ0v) is 12.1. The highest BCUT2D eigenvalue weighted by atomic mass is 35.5. The highest BCUT2D eigenvalue weighted by molar-refractivity contribution is 6.43. The Labute approximate surface area is 130 Å². The number of rotatable bonds is 3. The number of amides is 1. The lowest BCUT2D eigenvalue weighted by Gasteiger charge is -2.03. The molecule has 7 heteroatoms. The second-order valence-electron chi connectivity index (χ2n) is 4.05. The summed E-state index contributed by atoms with van der Waals surface area (Å²) in [6, 6.07) is 8.73. The van der Waals surface area contributed by atoms with Crippen LogP contribution >= 0.6 is 23.2 Å². The van der Waals surface area contributed by atoms with Gasteiger partial charge in [-0.3, -0.25) is 4.79 Å². The van der Waals surface area contributed by atoms with Gasteiger partial charge in [0.15, 0.2) is 11.5 Å². The minimum Gasteiger partial charge on any atom is -0.504 e. The molecule has 1 amide bonds. The highest BCUT2D eigenvalue weighted by Gasteiger charge is 2.08. The van der Waals surface area contributed by atoms with Crippen LogP contribution in [-0.4, -0.2) is 22.3 Å². The number of phenols is 2. The van der Waals surface area contributed by atoms with Gasteiger partial charge in [0.1, 0.15) is 0 Å². The van der Waals surface area contributed by atoms with Crippen LogP contribution in [0.5, 0.6) is 11.5 Å². The molecule has 5 nitrogen and oxygen atoms in total. The van der Waals surface area contributed by atoms with Crippen molar-refractivity contribution in [1.29, 1.82) is 0 Å². The van der Waals surface area contributed by atoms with E-state index in [1.807, 2.05) is 0 Å². The van der Waals surface area contributed by atoms with E-state index in [0.29, 0.717) is 15.6 Å². The van der Waals surface area contributed by atoms with Crippen LogP contribution in [-0.2, 0) is 0 Å². The first-order chi connectivity index (χ1) is 9.99. The largest absolute Gasteiger partial charge is 0.504 e. The van der Waals surface area contributed by atoms with Crippen molar-refractivity contribution in [1.82, 2.24) is 5.43 Å². The van der Waals surface area contributed by atoms with Crippen molar-refractivity contribution >= 4 is 35.3 Å². The molecule has 0 radical (unpaired) electrons. The summed E-state index contributed by atoms with van der Waals surface area (Å²) in [5.74, 6) is -1.23. The van der Waals surface area contributed by atoms with Crippen LogP contribution in [0.15, 0.2) is 41.5 Å². The van der Waals surface area contributed by atoms with E-state index >= 15 is 0 Å². The number of hydrogen-bond donors (Lipinski definition) is 3. The van der Waals surface area contributed by atoms with E-state index in [0.717, 1.165) is 6.07 Å². The maximum Gasteiger partial charge on any atom is 0.271 e. The lowest BCUT2D eigenvalue weighted by molar-refractivity contribution is 0.0954. The minimum atomic E-state index is -0.542. The normalized spacial score (nSPS) is 10.8. The monoisotopic (exact) mass is 324 g/mol. The molecule has 2 aromatic carbocycles. The SMILES string of the molecule is O=C(N/N=C\c1cccc(Cl)c1Cl)c1ccc(O)c(O)c1. The maximum absolute atomic E-state index is 11.8. The predicted octanol–water partition coefficient (Wildman–Crippen LogP) is 3.17. The molecule has 0 unspecified atom stereocenters. The van der Waals surface area contributed by atoms with Crippen molar-refractivity contribution in [2.75, 3.05) is 0 Å². The molecule has 0 saturated carbocycles. The van der Waals surface area contributed by atoms with Crippen molar-refractivity contribution in [2.45, 2.75) is 0 Å². The highest BCUT2D eigenvalue weighted by Crippen LogP contribution is 2.25. The molecule has 0 spiro atoms. The number of nitrogens with zero attached hydrogens (tertiary/aromatic N) is 1. The molecular weight excluding hydrogens is 315 g/mol. The van der Waals surface area contributed by atoms with Gasteiger partial charge in [-0.2, -0.15) is 5.10 Å². The van der Waals surface area contributed by atoms with Gasteiger partial charge in [-0.15, -0.1) is 0 Å². The topological polar surface area (TPSA) is 81.9 Å². The molecule has 0 fully saturated rings. The number of nitrogens with one attached hydrogen (secondary N) is 1. The predicted molar refractivity (Wildman–Crippen MR) is 81.3 cm³/mol. The third kappa shape index (κ3) is 3.65. The fourth-order valence-corrected chi connectivity index (χ4v) is 1.87. The summed E-state index contributed by atoms with van der Waals surface area (Å²) in [5, 5.41) is 23.0. The average molecular weight is 325 g/mol. The summed E-state index contributed by atoms with van der Waals surface area (Å²) in [6.45, 7) is 0. The summed E-state index contributed by atoms with van der Waals surface area (Å²) < 4.78 is 0. The summed E-state index contributed by atoms with van der Waals surface area (Å²) in [7, 11) is 0. The number of carbonyl (C=O) groups excluding carboxylic acids is 1. The van der Waals surface area contributed by atoms with Gasteiger partial charge in [0.05, 0.1) is 16.3 Å². The number of phenolic OH excluding ortho intramolecular Hbond substituents is 2. The zero-order chi connectivity index (χ0) is 15.4. The number of hydrogen-bond acceptors (Lipinski definition) is 4. The first-order valence-corrected chi connectivity index (χ1v) is 6.54. The van der Waals surface area contributed by atoms with Gasteiger partial charge >= 0.3 is 0 Å². The van der Waals surface area contributed by atoms with Crippen LogP contribution < -0.4 is 5.43 Å². The van der Waals surface area contributed by atoms with Crippen molar-refractivity contribution in [3.05, 3.63) is 57.6 Å². The quantitative estimate of drug-likeness (QED) is 0.460. The van der Waals surface area contributed by atoms with E-state index in [-0.39, 0.29) is 17.1 Å². The van der Waals surface area contributed by atoms with Crippen LogP contribution in [0.25, 0.3) is 0 Å². The van der Waals surface area contributed by atoms with Crippen molar-refractivity contribution < 1.29 is 15.0 Å². The molecule has 2 rings (SSSR count). The Morgan fingerprint density at radius 3 is 2.62 bits per heavy atom. The van der Waals surface area contributed by atoms with Crippen LogP contribution in [0.4, 0.5) is 0 Å². The number of benzene rings is 2. The van der Waals surface area contributed by atoms with Gasteiger partial charge in [-0.05, 0) is 24.3 Å². The maximum atomic E-state index is 11.8. The fourth-order valence-electron chi connectivity index (χ4n) is 1.51. The molecule has 108 valence electrons. The first kappa shape index (κ1) is 15.2. The molecule has 3 N–H and O–H groups in total. The molecule has 0 atom stereocenters. The standard InChI is InChI=1S/C14H10Cl2N2O3/c15-10-3-1-2-9(13(10)16)7-17-18-14(21)8-4-5-11(19)12(20)6-8/h1-7,19-20H,(H,18,21)/b17-7-. The van der Waals surface area contributed by atoms with Crippen LogP contribution in [0.1, 0.15) is 15.9 Å². The third-order valence-electron chi connectivity index (χ3n) is 2.59. The fraction of sp³-hybridized carbons (Fsp3) is 0. The molecule has 0 aliphatic rings. The second-order valence-corrected chi connectivity index (χ2v) is 4.83. The zero-order valence-electron chi connectivity index (χ0n) is 10.5. The third-order valence-corrected chi connectivity index (χ3v) is 3.42. The average Bonchev–Trinajstić information content (AvgIpc) is 2.46. The molecule has 0 bridgehead atoms. The molecule has 0 aromatic heterocycles. The molecule has 0 heterocycles. The van der Waals surface area contributed by atoms with Gasteiger partial charge in [0.25, 0.3) is 5.91 Å². The Morgan fingerprint density at radius 1 is 1.14 bits per heavy atom. The molecular formula is C14H10Cl2N2O3. The van der Waals surface area contributed by atoms with E-state index < -0.39 is 5.91 Å². The summed E-state index contributed by atoms with van der Waals surface area (Å²) in [4.78, 5) is 11.8. The summed E-state index contributed by atoms with van der Waals surface area (Å²) in [5.41, 5.74) is 2.98. The van der Waals surface area contributed by atoms with Gasteiger partial charge in [-0.25, -0.2) is 5.43 Å². The molecule has 0 saturated heterocycles. The van der Waals surface area contributed by atoms with Crippen LogP contribution in [0.3, 0.4) is 0 Å². The Morgan fingerprint density at radius 2 is 1.90 bits per heavy atom. The number of halogens is 2. The summed E-state index contributed by atoms with van der Waals surface area (Å²) >= 11 is 11.8. The minimum absolute atomic E-state index is 0.152.